The Labute approximate surface area is 121 Å². The summed E-state index contributed by atoms with van der Waals surface area (Å²) >= 11 is 1.53. The molecule has 1 unspecified atom stereocenters. The highest BCUT2D eigenvalue weighted by Gasteiger charge is 2.25. The van der Waals surface area contributed by atoms with Gasteiger partial charge < -0.3 is 5.32 Å². The van der Waals surface area contributed by atoms with E-state index in [2.05, 4.69) is 10.3 Å². The molecule has 0 bridgehead atoms. The summed E-state index contributed by atoms with van der Waals surface area (Å²) in [5.74, 6) is -0.527. The van der Waals surface area contributed by atoms with E-state index in [-0.39, 0.29) is 12.3 Å². The number of hydrogen-bond donors (Lipinski definition) is 1. The van der Waals surface area contributed by atoms with Crippen LogP contribution in [0.25, 0.3) is 4.96 Å². The Hall–Kier alpha value is -1.41. The van der Waals surface area contributed by atoms with E-state index in [0.717, 1.165) is 16.3 Å². The molecule has 0 aliphatic heterocycles. The first-order valence-electron chi connectivity index (χ1n) is 6.26. The number of rotatable bonds is 5. The van der Waals surface area contributed by atoms with Crippen LogP contribution in [0.2, 0.25) is 0 Å². The van der Waals surface area contributed by atoms with Crippen LogP contribution in [-0.2, 0) is 21.2 Å². The molecule has 110 valence electrons. The van der Waals surface area contributed by atoms with Crippen molar-refractivity contribution in [2.75, 3.05) is 5.75 Å². The summed E-state index contributed by atoms with van der Waals surface area (Å²) in [4.78, 5) is 17.0. The molecule has 1 amide bonds. The van der Waals surface area contributed by atoms with E-state index in [1.165, 1.54) is 25.2 Å². The number of amides is 1. The van der Waals surface area contributed by atoms with Crippen molar-refractivity contribution in [3.63, 3.8) is 0 Å². The maximum Gasteiger partial charge on any atom is 0.238 e. The molecule has 0 aliphatic rings. The summed E-state index contributed by atoms with van der Waals surface area (Å²) in [5.41, 5.74) is 1.80. The van der Waals surface area contributed by atoms with Gasteiger partial charge in [0.1, 0.15) is 5.25 Å². The molecular formula is C12H17N3O3S2. The number of carbonyl (C=O) groups excluding carboxylic acids is 1. The van der Waals surface area contributed by atoms with E-state index in [0.29, 0.717) is 0 Å². The second kappa shape index (κ2) is 5.53. The van der Waals surface area contributed by atoms with Crippen molar-refractivity contribution in [3.05, 3.63) is 23.0 Å². The molecule has 2 heterocycles. The minimum absolute atomic E-state index is 0.0407. The van der Waals surface area contributed by atoms with Crippen molar-refractivity contribution < 1.29 is 13.2 Å². The van der Waals surface area contributed by atoms with Gasteiger partial charge in [-0.25, -0.2) is 13.4 Å². The molecule has 2 aromatic heterocycles. The number of hydrogen-bond acceptors (Lipinski definition) is 5. The molecule has 0 saturated heterocycles. The lowest BCUT2D eigenvalue weighted by molar-refractivity contribution is -0.120. The van der Waals surface area contributed by atoms with Crippen LogP contribution in [0.15, 0.2) is 11.6 Å². The summed E-state index contributed by atoms with van der Waals surface area (Å²) in [6.07, 6.45) is 1.85. The SMILES string of the molecule is CCS(=O)(=O)C(C)C(=O)NCc1cn2c(C)csc2n1. The summed E-state index contributed by atoms with van der Waals surface area (Å²) in [7, 11) is -3.36. The summed E-state index contributed by atoms with van der Waals surface area (Å²) < 4.78 is 25.2. The number of fused-ring (bicyclic) bond motifs is 1. The number of sulfone groups is 1. The Kier molecular flexibility index (Phi) is 4.14. The third-order valence-electron chi connectivity index (χ3n) is 3.19. The fraction of sp³-hybridized carbons (Fsp3) is 0.500. The predicted octanol–water partition coefficient (Wildman–Crippen LogP) is 1.14. The molecular weight excluding hydrogens is 298 g/mol. The Balaban J connectivity index is 2.03. The quantitative estimate of drug-likeness (QED) is 0.897. The monoisotopic (exact) mass is 315 g/mol. The number of carbonyl (C=O) groups is 1. The first-order chi connectivity index (χ1) is 9.35. The van der Waals surface area contributed by atoms with Gasteiger partial charge in [-0.05, 0) is 13.8 Å². The van der Waals surface area contributed by atoms with Gasteiger partial charge in [0.2, 0.25) is 5.91 Å². The van der Waals surface area contributed by atoms with Crippen molar-refractivity contribution in [2.45, 2.75) is 32.6 Å². The lowest BCUT2D eigenvalue weighted by atomic mass is 10.4. The van der Waals surface area contributed by atoms with Crippen LogP contribution in [0.5, 0.6) is 0 Å². The number of nitrogens with zero attached hydrogens (tertiary/aromatic N) is 2. The molecule has 0 saturated carbocycles. The number of aromatic nitrogens is 2. The summed E-state index contributed by atoms with van der Waals surface area (Å²) in [6, 6.07) is 0. The zero-order valence-electron chi connectivity index (χ0n) is 11.6. The van der Waals surface area contributed by atoms with Gasteiger partial charge in [-0.15, -0.1) is 11.3 Å². The van der Waals surface area contributed by atoms with Crippen LogP contribution in [0.3, 0.4) is 0 Å². The highest BCUT2D eigenvalue weighted by atomic mass is 32.2. The number of imidazole rings is 1. The van der Waals surface area contributed by atoms with Crippen LogP contribution >= 0.6 is 11.3 Å². The lowest BCUT2D eigenvalue weighted by Crippen LogP contribution is -2.38. The molecule has 8 heteroatoms. The van der Waals surface area contributed by atoms with Crippen molar-refractivity contribution in [3.8, 4) is 0 Å². The zero-order chi connectivity index (χ0) is 14.9. The Morgan fingerprint density at radius 1 is 1.55 bits per heavy atom. The van der Waals surface area contributed by atoms with Crippen LogP contribution in [0.4, 0.5) is 0 Å². The molecule has 2 rings (SSSR count). The largest absolute Gasteiger partial charge is 0.349 e. The van der Waals surface area contributed by atoms with E-state index in [4.69, 9.17) is 0 Å². The lowest BCUT2D eigenvalue weighted by Gasteiger charge is -2.11. The van der Waals surface area contributed by atoms with Gasteiger partial charge in [-0.1, -0.05) is 6.92 Å². The highest BCUT2D eigenvalue weighted by molar-refractivity contribution is 7.92. The fourth-order valence-corrected chi connectivity index (χ4v) is 3.54. The number of aryl methyl sites for hydroxylation is 1. The van der Waals surface area contributed by atoms with Crippen molar-refractivity contribution in [2.24, 2.45) is 0 Å². The molecule has 2 aromatic rings. The second-order valence-corrected chi connectivity index (χ2v) is 8.02. The smallest absolute Gasteiger partial charge is 0.238 e. The molecule has 0 radical (unpaired) electrons. The average Bonchev–Trinajstić information content (AvgIpc) is 2.97. The maximum atomic E-state index is 11.8. The van der Waals surface area contributed by atoms with Crippen LogP contribution in [0, 0.1) is 6.92 Å². The summed E-state index contributed by atoms with van der Waals surface area (Å²) in [5, 5.41) is 3.59. The molecule has 6 nitrogen and oxygen atoms in total. The Morgan fingerprint density at radius 2 is 2.25 bits per heavy atom. The molecule has 0 spiro atoms. The first-order valence-corrected chi connectivity index (χ1v) is 8.86. The number of nitrogens with one attached hydrogen (secondary N) is 1. The van der Waals surface area contributed by atoms with E-state index in [1.54, 1.807) is 0 Å². The van der Waals surface area contributed by atoms with Gasteiger partial charge in [-0.3, -0.25) is 9.20 Å². The zero-order valence-corrected chi connectivity index (χ0v) is 13.2. The molecule has 20 heavy (non-hydrogen) atoms. The maximum absolute atomic E-state index is 11.8. The normalized spacial score (nSPS) is 13.6. The van der Waals surface area contributed by atoms with E-state index >= 15 is 0 Å². The van der Waals surface area contributed by atoms with E-state index in [9.17, 15) is 13.2 Å². The molecule has 0 aromatic carbocycles. The van der Waals surface area contributed by atoms with Gasteiger partial charge in [0, 0.05) is 23.0 Å². The fourth-order valence-electron chi connectivity index (χ4n) is 1.76. The minimum atomic E-state index is -3.36. The van der Waals surface area contributed by atoms with Crippen molar-refractivity contribution in [1.82, 2.24) is 14.7 Å². The minimum Gasteiger partial charge on any atom is -0.349 e. The van der Waals surface area contributed by atoms with Gasteiger partial charge in [0.15, 0.2) is 14.8 Å². The van der Waals surface area contributed by atoms with Gasteiger partial charge in [-0.2, -0.15) is 0 Å². The predicted molar refractivity (Wildman–Crippen MR) is 78.6 cm³/mol. The average molecular weight is 315 g/mol. The van der Waals surface area contributed by atoms with Gasteiger partial charge >= 0.3 is 0 Å². The topological polar surface area (TPSA) is 80.5 Å². The first kappa shape index (κ1) is 15.0. The highest BCUT2D eigenvalue weighted by Crippen LogP contribution is 2.15. The molecule has 0 aliphatic carbocycles. The number of thiazole rings is 1. The Morgan fingerprint density at radius 3 is 2.85 bits per heavy atom. The molecule has 1 atom stereocenters. The standard InChI is InChI=1S/C12H17N3O3S2/c1-4-20(17,18)9(3)11(16)13-5-10-6-15-8(2)7-19-12(15)14-10/h6-7,9H,4-5H2,1-3H3,(H,13,16). The van der Waals surface area contributed by atoms with Crippen LogP contribution in [-0.4, -0.2) is 34.7 Å². The Bertz CT molecular complexity index is 730. The van der Waals surface area contributed by atoms with Crippen LogP contribution in [0.1, 0.15) is 25.2 Å². The van der Waals surface area contributed by atoms with Crippen molar-refractivity contribution >= 4 is 32.0 Å². The second-order valence-electron chi connectivity index (χ2n) is 4.57. The third kappa shape index (κ3) is 2.85. The summed E-state index contributed by atoms with van der Waals surface area (Å²) in [6.45, 7) is 5.15. The van der Waals surface area contributed by atoms with E-state index in [1.807, 2.05) is 22.9 Å². The van der Waals surface area contributed by atoms with Crippen LogP contribution < -0.4 is 5.32 Å². The van der Waals surface area contributed by atoms with Gasteiger partial charge in [0.25, 0.3) is 0 Å². The third-order valence-corrected chi connectivity index (χ3v) is 6.25. The van der Waals surface area contributed by atoms with Gasteiger partial charge in [0.05, 0.1) is 12.2 Å². The molecule has 0 fully saturated rings. The van der Waals surface area contributed by atoms with E-state index < -0.39 is 21.0 Å². The molecule has 1 N–H and O–H groups in total. The van der Waals surface area contributed by atoms with Crippen molar-refractivity contribution in [1.29, 1.82) is 0 Å².